The number of hydrogen-bond acceptors (Lipinski definition) is 1. The van der Waals surface area contributed by atoms with E-state index in [0.29, 0.717) is 18.9 Å². The standard InChI is InChI=1S/C14H20ClNO/c1-11(2)8-9-14(17)16-10-13(15)12-6-4-3-5-7-12/h3-7,11,13H,8-10H2,1-2H3,(H,16,17). The molecule has 2 nitrogen and oxygen atoms in total. The third-order valence-corrected chi connectivity index (χ3v) is 2.99. The smallest absolute Gasteiger partial charge is 0.220 e. The van der Waals surface area contributed by atoms with E-state index in [1.165, 1.54) is 0 Å². The molecule has 0 aromatic heterocycles. The molecule has 1 atom stereocenters. The average molecular weight is 254 g/mol. The summed E-state index contributed by atoms with van der Waals surface area (Å²) < 4.78 is 0. The first-order chi connectivity index (χ1) is 8.09. The fraction of sp³-hybridized carbons (Fsp3) is 0.500. The number of carbonyl (C=O) groups excluding carboxylic acids is 1. The minimum Gasteiger partial charge on any atom is -0.354 e. The number of hydrogen-bond donors (Lipinski definition) is 1. The van der Waals surface area contributed by atoms with Gasteiger partial charge in [-0.15, -0.1) is 11.6 Å². The Hall–Kier alpha value is -1.02. The molecule has 1 amide bonds. The second kappa shape index (κ2) is 7.33. The summed E-state index contributed by atoms with van der Waals surface area (Å²) in [7, 11) is 0. The Morgan fingerprint density at radius 2 is 1.94 bits per heavy atom. The number of rotatable bonds is 6. The molecule has 1 aromatic carbocycles. The highest BCUT2D eigenvalue weighted by Gasteiger charge is 2.09. The Labute approximate surface area is 108 Å². The van der Waals surface area contributed by atoms with Crippen LogP contribution in [0.4, 0.5) is 0 Å². The van der Waals surface area contributed by atoms with Gasteiger partial charge < -0.3 is 5.32 Å². The van der Waals surface area contributed by atoms with E-state index in [1.807, 2.05) is 30.3 Å². The van der Waals surface area contributed by atoms with E-state index < -0.39 is 0 Å². The molecule has 0 aliphatic carbocycles. The maximum Gasteiger partial charge on any atom is 0.220 e. The molecule has 0 bridgehead atoms. The van der Waals surface area contributed by atoms with E-state index in [0.717, 1.165) is 12.0 Å². The molecule has 0 saturated heterocycles. The normalized spacial score (nSPS) is 12.5. The van der Waals surface area contributed by atoms with Gasteiger partial charge in [-0.05, 0) is 17.9 Å². The minimum absolute atomic E-state index is 0.0836. The van der Waals surface area contributed by atoms with Crippen LogP contribution in [0.1, 0.15) is 37.6 Å². The van der Waals surface area contributed by atoms with E-state index in [9.17, 15) is 4.79 Å². The molecule has 0 fully saturated rings. The lowest BCUT2D eigenvalue weighted by Gasteiger charge is -2.11. The predicted molar refractivity (Wildman–Crippen MR) is 72.1 cm³/mol. The summed E-state index contributed by atoms with van der Waals surface area (Å²) in [5.41, 5.74) is 1.04. The van der Waals surface area contributed by atoms with E-state index in [1.54, 1.807) is 0 Å². The van der Waals surface area contributed by atoms with Crippen LogP contribution in [0, 0.1) is 5.92 Å². The van der Waals surface area contributed by atoms with E-state index in [4.69, 9.17) is 11.6 Å². The average Bonchev–Trinajstić information content (AvgIpc) is 2.34. The van der Waals surface area contributed by atoms with Gasteiger partial charge in [-0.1, -0.05) is 44.2 Å². The number of alkyl halides is 1. The Bertz CT molecular complexity index is 337. The minimum atomic E-state index is -0.154. The summed E-state index contributed by atoms with van der Waals surface area (Å²) in [5.74, 6) is 0.641. The summed E-state index contributed by atoms with van der Waals surface area (Å²) in [6.07, 6.45) is 1.50. The second-order valence-corrected chi connectivity index (χ2v) is 5.14. The number of benzene rings is 1. The molecule has 0 heterocycles. The van der Waals surface area contributed by atoms with Gasteiger partial charge in [-0.25, -0.2) is 0 Å². The van der Waals surface area contributed by atoms with Gasteiger partial charge in [-0.3, -0.25) is 4.79 Å². The maximum absolute atomic E-state index is 11.5. The van der Waals surface area contributed by atoms with Crippen LogP contribution in [0.15, 0.2) is 30.3 Å². The van der Waals surface area contributed by atoms with Gasteiger partial charge in [0.05, 0.1) is 5.38 Å². The lowest BCUT2D eigenvalue weighted by atomic mass is 10.1. The van der Waals surface area contributed by atoms with Gasteiger partial charge in [0, 0.05) is 13.0 Å². The summed E-state index contributed by atoms with van der Waals surface area (Å²) in [6.45, 7) is 4.71. The summed E-state index contributed by atoms with van der Waals surface area (Å²) in [5, 5.41) is 2.71. The highest BCUT2D eigenvalue weighted by atomic mass is 35.5. The Balaban J connectivity index is 2.29. The number of carbonyl (C=O) groups is 1. The van der Waals surface area contributed by atoms with Crippen LogP contribution in [0.25, 0.3) is 0 Å². The molecule has 0 aliphatic heterocycles. The van der Waals surface area contributed by atoms with Crippen LogP contribution in [0.2, 0.25) is 0 Å². The molecule has 94 valence electrons. The third kappa shape index (κ3) is 5.73. The van der Waals surface area contributed by atoms with Crippen molar-refractivity contribution < 1.29 is 4.79 Å². The predicted octanol–water partition coefficient (Wildman–Crippen LogP) is 3.52. The molecular weight excluding hydrogens is 234 g/mol. The van der Waals surface area contributed by atoms with Crippen molar-refractivity contribution >= 4 is 17.5 Å². The van der Waals surface area contributed by atoms with Crippen molar-refractivity contribution in [1.29, 1.82) is 0 Å². The maximum atomic E-state index is 11.5. The first kappa shape index (κ1) is 14.0. The highest BCUT2D eigenvalue weighted by molar-refractivity contribution is 6.21. The number of nitrogens with one attached hydrogen (secondary N) is 1. The summed E-state index contributed by atoms with van der Waals surface area (Å²) in [4.78, 5) is 11.5. The molecule has 1 unspecified atom stereocenters. The van der Waals surface area contributed by atoms with Crippen molar-refractivity contribution in [1.82, 2.24) is 5.32 Å². The lowest BCUT2D eigenvalue weighted by Crippen LogP contribution is -2.26. The molecule has 0 radical (unpaired) electrons. The van der Waals surface area contributed by atoms with Crippen molar-refractivity contribution in [3.63, 3.8) is 0 Å². The topological polar surface area (TPSA) is 29.1 Å². The fourth-order valence-corrected chi connectivity index (χ4v) is 1.71. The van der Waals surface area contributed by atoms with Crippen LogP contribution in [-0.2, 0) is 4.79 Å². The van der Waals surface area contributed by atoms with Crippen molar-refractivity contribution in [2.24, 2.45) is 5.92 Å². The van der Waals surface area contributed by atoms with Gasteiger partial charge in [0.15, 0.2) is 0 Å². The van der Waals surface area contributed by atoms with E-state index in [2.05, 4.69) is 19.2 Å². The van der Waals surface area contributed by atoms with Crippen LogP contribution in [-0.4, -0.2) is 12.5 Å². The van der Waals surface area contributed by atoms with Crippen LogP contribution in [0.5, 0.6) is 0 Å². The Morgan fingerprint density at radius 3 is 2.53 bits per heavy atom. The van der Waals surface area contributed by atoms with Gasteiger partial charge in [0.2, 0.25) is 5.91 Å². The van der Waals surface area contributed by atoms with E-state index in [-0.39, 0.29) is 11.3 Å². The zero-order valence-electron chi connectivity index (χ0n) is 10.4. The second-order valence-electron chi connectivity index (χ2n) is 4.61. The van der Waals surface area contributed by atoms with Crippen molar-refractivity contribution in [3.8, 4) is 0 Å². The molecule has 3 heteroatoms. The Kier molecular flexibility index (Phi) is 6.06. The monoisotopic (exact) mass is 253 g/mol. The zero-order valence-corrected chi connectivity index (χ0v) is 11.2. The quantitative estimate of drug-likeness (QED) is 0.773. The summed E-state index contributed by atoms with van der Waals surface area (Å²) in [6, 6.07) is 9.79. The largest absolute Gasteiger partial charge is 0.354 e. The first-order valence-electron chi connectivity index (χ1n) is 6.05. The number of halogens is 1. The Morgan fingerprint density at radius 1 is 1.29 bits per heavy atom. The SMILES string of the molecule is CC(C)CCC(=O)NCC(Cl)c1ccccc1. The van der Waals surface area contributed by atoms with Crippen LogP contribution >= 0.6 is 11.6 Å². The van der Waals surface area contributed by atoms with Gasteiger partial charge in [0.25, 0.3) is 0 Å². The highest BCUT2D eigenvalue weighted by Crippen LogP contribution is 2.18. The van der Waals surface area contributed by atoms with Crippen LogP contribution < -0.4 is 5.32 Å². The molecule has 1 aromatic rings. The first-order valence-corrected chi connectivity index (χ1v) is 6.49. The van der Waals surface area contributed by atoms with E-state index >= 15 is 0 Å². The molecule has 1 rings (SSSR count). The molecule has 0 aliphatic rings. The van der Waals surface area contributed by atoms with Crippen molar-refractivity contribution in [2.45, 2.75) is 32.1 Å². The van der Waals surface area contributed by atoms with Crippen molar-refractivity contribution in [2.75, 3.05) is 6.54 Å². The third-order valence-electron chi connectivity index (χ3n) is 2.59. The van der Waals surface area contributed by atoms with Crippen LogP contribution in [0.3, 0.4) is 0 Å². The molecule has 0 saturated carbocycles. The zero-order chi connectivity index (χ0) is 12.7. The van der Waals surface area contributed by atoms with Gasteiger partial charge in [-0.2, -0.15) is 0 Å². The van der Waals surface area contributed by atoms with Gasteiger partial charge >= 0.3 is 0 Å². The van der Waals surface area contributed by atoms with Gasteiger partial charge in [0.1, 0.15) is 0 Å². The fourth-order valence-electron chi connectivity index (χ4n) is 1.49. The van der Waals surface area contributed by atoms with Crippen molar-refractivity contribution in [3.05, 3.63) is 35.9 Å². The molecule has 1 N–H and O–H groups in total. The lowest BCUT2D eigenvalue weighted by molar-refractivity contribution is -0.121. The molecular formula is C14H20ClNO. The number of amides is 1. The molecule has 17 heavy (non-hydrogen) atoms. The summed E-state index contributed by atoms with van der Waals surface area (Å²) >= 11 is 6.20. The molecule has 0 spiro atoms.